The standard InChI is InChI=1S/C14H14N2O4/c1-20-14-8-10(2-7-13(14)17)9-15-11-3-5-12(6-4-11)16(18)19/h2-8,15,17H,9H2,1H3. The summed E-state index contributed by atoms with van der Waals surface area (Å²) in [6.07, 6.45) is 0. The van der Waals surface area contributed by atoms with Crippen LogP contribution in [-0.2, 0) is 6.54 Å². The fourth-order valence-electron chi connectivity index (χ4n) is 1.74. The van der Waals surface area contributed by atoms with Gasteiger partial charge in [-0.2, -0.15) is 0 Å². The summed E-state index contributed by atoms with van der Waals surface area (Å²) in [6.45, 7) is 0.522. The lowest BCUT2D eigenvalue weighted by Gasteiger charge is -2.09. The zero-order valence-corrected chi connectivity index (χ0v) is 10.9. The molecule has 0 fully saturated rings. The first-order valence-corrected chi connectivity index (χ1v) is 5.94. The summed E-state index contributed by atoms with van der Waals surface area (Å²) < 4.78 is 5.03. The molecule has 2 aromatic carbocycles. The van der Waals surface area contributed by atoms with Crippen molar-refractivity contribution in [1.82, 2.24) is 0 Å². The summed E-state index contributed by atoms with van der Waals surface area (Å²) in [5, 5.41) is 23.2. The largest absolute Gasteiger partial charge is 0.504 e. The van der Waals surface area contributed by atoms with E-state index in [1.807, 2.05) is 0 Å². The molecular formula is C14H14N2O4. The van der Waals surface area contributed by atoms with Crippen LogP contribution in [0.1, 0.15) is 5.56 Å². The molecule has 2 aromatic rings. The molecule has 0 amide bonds. The van der Waals surface area contributed by atoms with Crippen molar-refractivity contribution in [2.24, 2.45) is 0 Å². The molecule has 0 aliphatic carbocycles. The Morgan fingerprint density at radius 3 is 2.55 bits per heavy atom. The van der Waals surface area contributed by atoms with Crippen molar-refractivity contribution in [3.05, 3.63) is 58.1 Å². The van der Waals surface area contributed by atoms with Crippen molar-refractivity contribution in [2.45, 2.75) is 6.54 Å². The summed E-state index contributed by atoms with van der Waals surface area (Å²) in [7, 11) is 1.49. The van der Waals surface area contributed by atoms with Crippen LogP contribution in [0, 0.1) is 10.1 Å². The Bertz CT molecular complexity index is 611. The molecular weight excluding hydrogens is 260 g/mol. The van der Waals surface area contributed by atoms with Gasteiger partial charge in [-0.15, -0.1) is 0 Å². The third-order valence-electron chi connectivity index (χ3n) is 2.82. The Morgan fingerprint density at radius 1 is 1.25 bits per heavy atom. The SMILES string of the molecule is COc1cc(CNc2ccc([N+](=O)[O-])cc2)ccc1O. The average Bonchev–Trinajstić information content (AvgIpc) is 2.46. The summed E-state index contributed by atoms with van der Waals surface area (Å²) in [5.41, 5.74) is 1.77. The van der Waals surface area contributed by atoms with Gasteiger partial charge in [-0.25, -0.2) is 0 Å². The molecule has 6 nitrogen and oxygen atoms in total. The molecule has 2 rings (SSSR count). The van der Waals surface area contributed by atoms with Crippen LogP contribution in [0.5, 0.6) is 11.5 Å². The van der Waals surface area contributed by atoms with Crippen molar-refractivity contribution >= 4 is 11.4 Å². The normalized spacial score (nSPS) is 10.1. The summed E-state index contributed by atoms with van der Waals surface area (Å²) in [6, 6.07) is 11.3. The smallest absolute Gasteiger partial charge is 0.269 e. The Balaban J connectivity index is 2.03. The maximum atomic E-state index is 10.5. The van der Waals surface area contributed by atoms with Gasteiger partial charge in [0.15, 0.2) is 11.5 Å². The minimum Gasteiger partial charge on any atom is -0.504 e. The molecule has 0 spiro atoms. The number of methoxy groups -OCH3 is 1. The van der Waals surface area contributed by atoms with Gasteiger partial charge in [0.2, 0.25) is 0 Å². The molecule has 2 N–H and O–H groups in total. The molecule has 0 saturated carbocycles. The van der Waals surface area contributed by atoms with Crippen LogP contribution in [0.2, 0.25) is 0 Å². The fourth-order valence-corrected chi connectivity index (χ4v) is 1.74. The third-order valence-corrected chi connectivity index (χ3v) is 2.82. The second-order valence-corrected chi connectivity index (χ2v) is 4.16. The van der Waals surface area contributed by atoms with Crippen LogP contribution in [0.15, 0.2) is 42.5 Å². The molecule has 0 heterocycles. The van der Waals surface area contributed by atoms with Crippen molar-refractivity contribution in [2.75, 3.05) is 12.4 Å². The Morgan fingerprint density at radius 2 is 1.95 bits per heavy atom. The quantitative estimate of drug-likeness (QED) is 0.646. The van der Waals surface area contributed by atoms with E-state index < -0.39 is 4.92 Å². The van der Waals surface area contributed by atoms with E-state index in [9.17, 15) is 15.2 Å². The van der Waals surface area contributed by atoms with Crippen molar-refractivity contribution in [3.8, 4) is 11.5 Å². The lowest BCUT2D eigenvalue weighted by molar-refractivity contribution is -0.384. The Labute approximate surface area is 115 Å². The van der Waals surface area contributed by atoms with E-state index in [-0.39, 0.29) is 11.4 Å². The van der Waals surface area contributed by atoms with Crippen LogP contribution in [0.4, 0.5) is 11.4 Å². The van der Waals surface area contributed by atoms with Crippen LogP contribution in [-0.4, -0.2) is 17.1 Å². The monoisotopic (exact) mass is 274 g/mol. The number of nitro benzene ring substituents is 1. The molecule has 0 aromatic heterocycles. The van der Waals surface area contributed by atoms with Gasteiger partial charge < -0.3 is 15.2 Å². The lowest BCUT2D eigenvalue weighted by atomic mass is 10.2. The molecule has 0 bridgehead atoms. The zero-order valence-electron chi connectivity index (χ0n) is 10.9. The first-order chi connectivity index (χ1) is 9.60. The summed E-state index contributed by atoms with van der Waals surface area (Å²) in [5.74, 6) is 0.500. The van der Waals surface area contributed by atoms with Gasteiger partial charge in [0.1, 0.15) is 0 Å². The van der Waals surface area contributed by atoms with Gasteiger partial charge in [-0.3, -0.25) is 10.1 Å². The minimum atomic E-state index is -0.436. The maximum absolute atomic E-state index is 10.5. The van der Waals surface area contributed by atoms with Crippen molar-refractivity contribution in [1.29, 1.82) is 0 Å². The summed E-state index contributed by atoms with van der Waals surface area (Å²) in [4.78, 5) is 10.1. The van der Waals surface area contributed by atoms with Gasteiger partial charge in [-0.1, -0.05) is 6.07 Å². The van der Waals surface area contributed by atoms with Gasteiger partial charge in [0.05, 0.1) is 12.0 Å². The number of hydrogen-bond acceptors (Lipinski definition) is 5. The first-order valence-electron chi connectivity index (χ1n) is 5.94. The molecule has 0 unspecified atom stereocenters. The number of hydrogen-bond donors (Lipinski definition) is 2. The molecule has 0 atom stereocenters. The number of benzene rings is 2. The zero-order chi connectivity index (χ0) is 14.5. The van der Waals surface area contributed by atoms with Crippen LogP contribution in [0.3, 0.4) is 0 Å². The van der Waals surface area contributed by atoms with Crippen molar-refractivity contribution < 1.29 is 14.8 Å². The van der Waals surface area contributed by atoms with E-state index in [0.717, 1.165) is 11.3 Å². The van der Waals surface area contributed by atoms with Crippen LogP contribution >= 0.6 is 0 Å². The van der Waals surface area contributed by atoms with Crippen LogP contribution in [0.25, 0.3) is 0 Å². The molecule has 20 heavy (non-hydrogen) atoms. The molecule has 104 valence electrons. The first kappa shape index (κ1) is 13.7. The molecule has 0 radical (unpaired) electrons. The second kappa shape index (κ2) is 5.92. The van der Waals surface area contributed by atoms with E-state index >= 15 is 0 Å². The van der Waals surface area contributed by atoms with E-state index in [4.69, 9.17) is 4.74 Å². The van der Waals surface area contributed by atoms with E-state index in [1.165, 1.54) is 19.2 Å². The van der Waals surface area contributed by atoms with Gasteiger partial charge in [0, 0.05) is 24.4 Å². The predicted molar refractivity (Wildman–Crippen MR) is 75.1 cm³/mol. The average molecular weight is 274 g/mol. The number of non-ortho nitro benzene ring substituents is 1. The highest BCUT2D eigenvalue weighted by molar-refractivity contribution is 5.49. The van der Waals surface area contributed by atoms with Crippen molar-refractivity contribution in [3.63, 3.8) is 0 Å². The summed E-state index contributed by atoms with van der Waals surface area (Å²) >= 11 is 0. The molecule has 0 aliphatic heterocycles. The van der Waals surface area contributed by atoms with Gasteiger partial charge in [-0.05, 0) is 29.8 Å². The number of nitro groups is 1. The molecule has 6 heteroatoms. The predicted octanol–water partition coefficient (Wildman–Crippen LogP) is 2.92. The topological polar surface area (TPSA) is 84.6 Å². The highest BCUT2D eigenvalue weighted by Crippen LogP contribution is 2.26. The number of aromatic hydroxyl groups is 1. The number of nitrogens with zero attached hydrogens (tertiary/aromatic N) is 1. The fraction of sp³-hybridized carbons (Fsp3) is 0.143. The minimum absolute atomic E-state index is 0.0573. The maximum Gasteiger partial charge on any atom is 0.269 e. The lowest BCUT2D eigenvalue weighted by Crippen LogP contribution is -2.00. The third kappa shape index (κ3) is 3.17. The van der Waals surface area contributed by atoms with Gasteiger partial charge >= 0.3 is 0 Å². The van der Waals surface area contributed by atoms with E-state index in [2.05, 4.69) is 5.32 Å². The number of ether oxygens (including phenoxy) is 1. The number of phenols is 1. The number of rotatable bonds is 5. The number of phenolic OH excluding ortho intramolecular Hbond substituents is 1. The highest BCUT2D eigenvalue weighted by Gasteiger charge is 2.05. The second-order valence-electron chi connectivity index (χ2n) is 4.16. The van der Waals surface area contributed by atoms with Crippen LogP contribution < -0.4 is 10.1 Å². The number of anilines is 1. The van der Waals surface area contributed by atoms with E-state index in [1.54, 1.807) is 30.3 Å². The highest BCUT2D eigenvalue weighted by atomic mass is 16.6. The Kier molecular flexibility index (Phi) is 4.05. The van der Waals surface area contributed by atoms with E-state index in [0.29, 0.717) is 12.3 Å². The number of nitrogens with one attached hydrogen (secondary N) is 1. The van der Waals surface area contributed by atoms with Gasteiger partial charge in [0.25, 0.3) is 5.69 Å². The Hall–Kier alpha value is -2.76. The molecule has 0 saturated heterocycles. The molecule has 0 aliphatic rings.